The summed E-state index contributed by atoms with van der Waals surface area (Å²) < 4.78 is 16.5. The van der Waals surface area contributed by atoms with E-state index in [1.165, 1.54) is 7.11 Å². The van der Waals surface area contributed by atoms with Gasteiger partial charge in [-0.1, -0.05) is 31.9 Å². The third-order valence-corrected chi connectivity index (χ3v) is 6.80. The van der Waals surface area contributed by atoms with Crippen molar-refractivity contribution in [3.63, 3.8) is 0 Å². The molecule has 3 aliphatic rings. The van der Waals surface area contributed by atoms with Gasteiger partial charge in [0, 0.05) is 6.42 Å². The van der Waals surface area contributed by atoms with Gasteiger partial charge in [-0.2, -0.15) is 0 Å². The molecule has 6 heteroatoms. The molecule has 2 aliphatic carbocycles. The van der Waals surface area contributed by atoms with Crippen LogP contribution in [0.5, 0.6) is 0 Å². The highest BCUT2D eigenvalue weighted by molar-refractivity contribution is 9.25. The Kier molecular flexibility index (Phi) is 3.28. The van der Waals surface area contributed by atoms with E-state index in [0.717, 1.165) is 19.3 Å². The van der Waals surface area contributed by atoms with Crippen LogP contribution in [-0.2, 0) is 19.0 Å². The molecule has 102 valence electrons. The quantitative estimate of drug-likeness (QED) is 0.515. The minimum atomic E-state index is -0.739. The maximum Gasteiger partial charge on any atom is 0.314 e. The van der Waals surface area contributed by atoms with Gasteiger partial charge in [-0.3, -0.25) is 4.79 Å². The number of hydrogen-bond acceptors (Lipinski definition) is 4. The largest absolute Gasteiger partial charge is 0.469 e. The van der Waals surface area contributed by atoms with Crippen LogP contribution in [0.25, 0.3) is 0 Å². The number of halogens is 2. The van der Waals surface area contributed by atoms with Gasteiger partial charge in [-0.25, -0.2) is 0 Å². The first-order valence-electron chi connectivity index (χ1n) is 6.25. The number of fused-ring (bicyclic) bond motifs is 1. The minimum Gasteiger partial charge on any atom is -0.469 e. The predicted molar refractivity (Wildman–Crippen MR) is 71.6 cm³/mol. The lowest BCUT2D eigenvalue weighted by molar-refractivity contribution is -0.211. The molecule has 0 amide bonds. The van der Waals surface area contributed by atoms with E-state index in [-0.39, 0.29) is 15.1 Å². The summed E-state index contributed by atoms with van der Waals surface area (Å²) in [6, 6.07) is 0. The average molecular weight is 384 g/mol. The zero-order chi connectivity index (χ0) is 13.0. The van der Waals surface area contributed by atoms with Crippen LogP contribution in [0.4, 0.5) is 0 Å². The fourth-order valence-corrected chi connectivity index (χ4v) is 5.22. The van der Waals surface area contributed by atoms with Crippen molar-refractivity contribution in [3.8, 4) is 0 Å². The van der Waals surface area contributed by atoms with Gasteiger partial charge in [0.25, 0.3) is 0 Å². The molecule has 4 nitrogen and oxygen atoms in total. The van der Waals surface area contributed by atoms with Crippen LogP contribution in [0.2, 0.25) is 0 Å². The molecule has 1 heterocycles. The second-order valence-corrected chi connectivity index (χ2v) is 8.93. The molecule has 2 saturated carbocycles. The maximum absolute atomic E-state index is 12.0. The molecule has 1 saturated heterocycles. The van der Waals surface area contributed by atoms with Crippen molar-refractivity contribution in [2.75, 3.05) is 20.3 Å². The first-order valence-corrected chi connectivity index (χ1v) is 7.83. The summed E-state index contributed by atoms with van der Waals surface area (Å²) in [4.78, 5) is 12.0. The lowest BCUT2D eigenvalue weighted by Crippen LogP contribution is -2.44. The third-order valence-electron chi connectivity index (χ3n) is 4.45. The Balaban J connectivity index is 1.86. The number of ether oxygens (including phenoxy) is 3. The van der Waals surface area contributed by atoms with Gasteiger partial charge in [-0.05, 0) is 24.7 Å². The Labute approximate surface area is 123 Å². The average Bonchev–Trinajstić information content (AvgIpc) is 2.68. The lowest BCUT2D eigenvalue weighted by Gasteiger charge is -2.33. The smallest absolute Gasteiger partial charge is 0.314 e. The molecule has 0 aromatic rings. The van der Waals surface area contributed by atoms with Crippen LogP contribution in [0.15, 0.2) is 0 Å². The molecule has 1 aliphatic heterocycles. The molecule has 0 aromatic carbocycles. The normalized spacial score (nSPS) is 40.1. The van der Waals surface area contributed by atoms with Gasteiger partial charge in [0.15, 0.2) is 5.79 Å². The fourth-order valence-electron chi connectivity index (χ4n) is 3.37. The van der Waals surface area contributed by atoms with Gasteiger partial charge in [0.1, 0.15) is 5.92 Å². The Morgan fingerprint density at radius 3 is 2.56 bits per heavy atom. The summed E-state index contributed by atoms with van der Waals surface area (Å²) in [6.07, 6.45) is 2.50. The number of rotatable bonds is 1. The Hall–Kier alpha value is 0.350. The Morgan fingerprint density at radius 2 is 1.94 bits per heavy atom. The zero-order valence-electron chi connectivity index (χ0n) is 10.2. The summed E-state index contributed by atoms with van der Waals surface area (Å²) in [5.41, 5.74) is 0. The van der Waals surface area contributed by atoms with Crippen molar-refractivity contribution in [1.82, 2.24) is 0 Å². The second kappa shape index (κ2) is 4.43. The number of alkyl halides is 2. The summed E-state index contributed by atoms with van der Waals surface area (Å²) in [6.45, 7) is 1.13. The molecule has 0 unspecified atom stereocenters. The Bertz CT molecular complexity index is 365. The standard InChI is InChI=1S/C12H16Br2O4/c1-16-10(15)9-6-8-7(12(8,13)14)2-3-11(9)17-4-5-18-11/h7-9H,2-6H2,1H3/t7-,8+,9-/m1/s1. The van der Waals surface area contributed by atoms with Crippen LogP contribution >= 0.6 is 31.9 Å². The van der Waals surface area contributed by atoms with E-state index in [4.69, 9.17) is 14.2 Å². The van der Waals surface area contributed by atoms with Crippen molar-refractivity contribution < 1.29 is 19.0 Å². The SMILES string of the molecule is COC(=O)[C@H]1C[C@H]2[C@@H](CCC13OCCO3)C2(Br)Br. The fraction of sp³-hybridized carbons (Fsp3) is 0.917. The molecule has 3 fully saturated rings. The third kappa shape index (κ3) is 1.87. The molecular formula is C12H16Br2O4. The van der Waals surface area contributed by atoms with E-state index < -0.39 is 5.79 Å². The molecule has 0 radical (unpaired) electrons. The van der Waals surface area contributed by atoms with Crippen LogP contribution < -0.4 is 0 Å². The number of methoxy groups -OCH3 is 1. The molecule has 0 N–H and O–H groups in total. The van der Waals surface area contributed by atoms with E-state index in [9.17, 15) is 4.79 Å². The van der Waals surface area contributed by atoms with Crippen molar-refractivity contribution >= 4 is 37.8 Å². The van der Waals surface area contributed by atoms with Crippen molar-refractivity contribution in [2.45, 2.75) is 28.3 Å². The van der Waals surface area contributed by atoms with Crippen LogP contribution in [0.3, 0.4) is 0 Å². The minimum absolute atomic E-state index is 0.00745. The summed E-state index contributed by atoms with van der Waals surface area (Å²) in [7, 11) is 1.43. The second-order valence-electron chi connectivity index (χ2n) is 5.25. The highest BCUT2D eigenvalue weighted by Crippen LogP contribution is 2.68. The van der Waals surface area contributed by atoms with E-state index in [1.807, 2.05) is 0 Å². The highest BCUT2D eigenvalue weighted by Gasteiger charge is 2.67. The lowest BCUT2D eigenvalue weighted by atomic mass is 9.91. The Morgan fingerprint density at radius 1 is 1.28 bits per heavy atom. The number of hydrogen-bond donors (Lipinski definition) is 0. The number of esters is 1. The summed E-state index contributed by atoms with van der Waals surface area (Å²) in [5.74, 6) is -0.306. The zero-order valence-corrected chi connectivity index (χ0v) is 13.3. The van der Waals surface area contributed by atoms with Crippen LogP contribution in [0.1, 0.15) is 19.3 Å². The summed E-state index contributed by atoms with van der Waals surface area (Å²) in [5, 5.41) is 0. The first kappa shape index (κ1) is 13.3. The molecule has 3 rings (SSSR count). The number of carbonyl (C=O) groups is 1. The van der Waals surface area contributed by atoms with Gasteiger partial charge in [0.2, 0.25) is 0 Å². The monoisotopic (exact) mass is 382 g/mol. The van der Waals surface area contributed by atoms with E-state index >= 15 is 0 Å². The number of carbonyl (C=O) groups excluding carboxylic acids is 1. The van der Waals surface area contributed by atoms with Crippen LogP contribution in [0, 0.1) is 17.8 Å². The molecule has 0 aromatic heterocycles. The van der Waals surface area contributed by atoms with Gasteiger partial charge in [-0.15, -0.1) is 0 Å². The molecular weight excluding hydrogens is 368 g/mol. The van der Waals surface area contributed by atoms with Crippen molar-refractivity contribution in [1.29, 1.82) is 0 Å². The molecule has 18 heavy (non-hydrogen) atoms. The molecule has 1 spiro atoms. The highest BCUT2D eigenvalue weighted by atomic mass is 79.9. The first-order chi connectivity index (χ1) is 8.51. The molecule has 0 bridgehead atoms. The maximum atomic E-state index is 12.0. The summed E-state index contributed by atoms with van der Waals surface area (Å²) >= 11 is 7.39. The predicted octanol–water partition coefficient (Wildman–Crippen LogP) is 2.43. The van der Waals surface area contributed by atoms with Crippen molar-refractivity contribution in [3.05, 3.63) is 0 Å². The van der Waals surface area contributed by atoms with E-state index in [0.29, 0.717) is 25.0 Å². The van der Waals surface area contributed by atoms with Crippen molar-refractivity contribution in [2.24, 2.45) is 17.8 Å². The van der Waals surface area contributed by atoms with Crippen LogP contribution in [-0.4, -0.2) is 35.3 Å². The van der Waals surface area contributed by atoms with Gasteiger partial charge in [0.05, 0.1) is 23.6 Å². The van der Waals surface area contributed by atoms with E-state index in [2.05, 4.69) is 31.9 Å². The van der Waals surface area contributed by atoms with Gasteiger partial charge >= 0.3 is 5.97 Å². The topological polar surface area (TPSA) is 44.8 Å². The molecule has 3 atom stereocenters. The van der Waals surface area contributed by atoms with Gasteiger partial charge < -0.3 is 14.2 Å². The van der Waals surface area contributed by atoms with E-state index in [1.54, 1.807) is 0 Å².